The van der Waals surface area contributed by atoms with Crippen molar-refractivity contribution in [2.24, 2.45) is 5.73 Å². The Hall–Kier alpha value is -1.06. The van der Waals surface area contributed by atoms with Crippen molar-refractivity contribution in [1.82, 2.24) is 0 Å². The molecule has 0 heterocycles. The first kappa shape index (κ1) is 15.9. The summed E-state index contributed by atoms with van der Waals surface area (Å²) in [5, 5.41) is 0. The number of nitrogens with two attached hydrogens (primary N) is 1. The maximum atomic E-state index is 11.3. The molecule has 1 aromatic rings. The van der Waals surface area contributed by atoms with Crippen LogP contribution in [0, 0.1) is 6.92 Å². The number of halogens is 1. The minimum Gasteiger partial charge on any atom is -0.426 e. The summed E-state index contributed by atoms with van der Waals surface area (Å²) in [6.45, 7) is 6.46. The molecule has 4 heteroatoms. The van der Waals surface area contributed by atoms with E-state index in [1.165, 1.54) is 5.56 Å². The summed E-state index contributed by atoms with van der Waals surface area (Å²) in [5.41, 5.74) is 7.43. The predicted octanol–water partition coefficient (Wildman–Crippen LogP) is 2.79. The van der Waals surface area contributed by atoms with E-state index in [-0.39, 0.29) is 24.8 Å². The van der Waals surface area contributed by atoms with Gasteiger partial charge in [-0.15, -0.1) is 12.4 Å². The molecule has 0 saturated carbocycles. The average molecular weight is 258 g/mol. The van der Waals surface area contributed by atoms with Gasteiger partial charge in [-0.1, -0.05) is 26.0 Å². The van der Waals surface area contributed by atoms with Gasteiger partial charge in [-0.2, -0.15) is 0 Å². The predicted molar refractivity (Wildman–Crippen MR) is 71.8 cm³/mol. The van der Waals surface area contributed by atoms with Gasteiger partial charge in [-0.25, -0.2) is 0 Å². The number of hydrogen-bond donors (Lipinski definition) is 1. The van der Waals surface area contributed by atoms with Crippen LogP contribution < -0.4 is 10.5 Å². The quantitative estimate of drug-likeness (QED) is 0.667. The van der Waals surface area contributed by atoms with Gasteiger partial charge >= 0.3 is 5.97 Å². The van der Waals surface area contributed by atoms with Gasteiger partial charge in [0.05, 0.1) is 6.42 Å². The number of carbonyl (C=O) groups is 1. The highest BCUT2D eigenvalue weighted by Crippen LogP contribution is 2.24. The number of benzene rings is 1. The van der Waals surface area contributed by atoms with Crippen LogP contribution in [0.1, 0.15) is 37.3 Å². The smallest absolute Gasteiger partial charge is 0.312 e. The maximum absolute atomic E-state index is 11.3. The molecule has 0 fully saturated rings. The molecule has 1 rings (SSSR count). The van der Waals surface area contributed by atoms with Crippen molar-refractivity contribution in [3.05, 3.63) is 29.3 Å². The van der Waals surface area contributed by atoms with Gasteiger partial charge in [0, 0.05) is 6.54 Å². The van der Waals surface area contributed by atoms with Crippen LogP contribution in [-0.2, 0) is 4.79 Å². The number of aryl methyl sites for hydroxylation is 1. The zero-order valence-corrected chi connectivity index (χ0v) is 11.3. The van der Waals surface area contributed by atoms with Gasteiger partial charge in [0.25, 0.3) is 0 Å². The van der Waals surface area contributed by atoms with Crippen LogP contribution >= 0.6 is 12.4 Å². The molecule has 0 bridgehead atoms. The topological polar surface area (TPSA) is 52.3 Å². The molecular formula is C13H20ClNO2. The number of ether oxygens (including phenoxy) is 1. The van der Waals surface area contributed by atoms with Gasteiger partial charge in [-0.3, -0.25) is 4.79 Å². The number of rotatable bonds is 4. The molecule has 0 unspecified atom stereocenters. The molecule has 1 aromatic carbocycles. The van der Waals surface area contributed by atoms with E-state index >= 15 is 0 Å². The van der Waals surface area contributed by atoms with Crippen molar-refractivity contribution in [2.75, 3.05) is 6.54 Å². The molecule has 0 aromatic heterocycles. The lowest BCUT2D eigenvalue weighted by Crippen LogP contribution is -2.14. The monoisotopic (exact) mass is 257 g/mol. The minimum atomic E-state index is -0.272. The highest BCUT2D eigenvalue weighted by Gasteiger charge is 2.08. The number of hydrogen-bond acceptors (Lipinski definition) is 3. The fourth-order valence-electron chi connectivity index (χ4n) is 1.38. The van der Waals surface area contributed by atoms with E-state index in [2.05, 4.69) is 19.9 Å². The summed E-state index contributed by atoms with van der Waals surface area (Å²) in [6.07, 6.45) is 0.255. The Morgan fingerprint density at radius 3 is 2.59 bits per heavy atom. The zero-order valence-electron chi connectivity index (χ0n) is 10.5. The maximum Gasteiger partial charge on any atom is 0.312 e. The third kappa shape index (κ3) is 4.75. The van der Waals surface area contributed by atoms with Crippen molar-refractivity contribution in [3.63, 3.8) is 0 Å². The van der Waals surface area contributed by atoms with Crippen LogP contribution in [0.15, 0.2) is 18.2 Å². The molecule has 3 nitrogen and oxygen atoms in total. The molecule has 96 valence electrons. The largest absolute Gasteiger partial charge is 0.426 e. The summed E-state index contributed by atoms with van der Waals surface area (Å²) in [5.74, 6) is 0.795. The van der Waals surface area contributed by atoms with Crippen LogP contribution in [0.4, 0.5) is 0 Å². The van der Waals surface area contributed by atoms with E-state index in [1.807, 2.05) is 19.1 Å². The fourth-order valence-corrected chi connectivity index (χ4v) is 1.38. The van der Waals surface area contributed by atoms with Gasteiger partial charge in [0.15, 0.2) is 0 Å². The molecule has 0 aliphatic heterocycles. The second-order valence-electron chi connectivity index (χ2n) is 4.19. The van der Waals surface area contributed by atoms with Gasteiger partial charge < -0.3 is 10.5 Å². The van der Waals surface area contributed by atoms with E-state index in [1.54, 1.807) is 0 Å². The fraction of sp³-hybridized carbons (Fsp3) is 0.462. The molecule has 0 aliphatic rings. The molecule has 0 atom stereocenters. The lowest BCUT2D eigenvalue weighted by molar-refractivity contribution is -0.134. The molecule has 0 amide bonds. The van der Waals surface area contributed by atoms with E-state index in [9.17, 15) is 4.79 Å². The van der Waals surface area contributed by atoms with Crippen molar-refractivity contribution in [1.29, 1.82) is 0 Å². The summed E-state index contributed by atoms with van der Waals surface area (Å²) >= 11 is 0. The first-order valence-electron chi connectivity index (χ1n) is 5.56. The number of carbonyl (C=O) groups excluding carboxylic acids is 1. The molecule has 0 aliphatic carbocycles. The lowest BCUT2D eigenvalue weighted by atomic mass is 10.0. The second kappa shape index (κ2) is 7.30. The van der Waals surface area contributed by atoms with E-state index in [0.29, 0.717) is 18.2 Å². The van der Waals surface area contributed by atoms with Crippen LogP contribution in [0.3, 0.4) is 0 Å². The molecule has 0 radical (unpaired) electrons. The molecule has 17 heavy (non-hydrogen) atoms. The molecule has 0 saturated heterocycles. The zero-order chi connectivity index (χ0) is 12.1. The summed E-state index contributed by atoms with van der Waals surface area (Å²) in [6, 6.07) is 5.95. The van der Waals surface area contributed by atoms with Crippen molar-refractivity contribution in [3.8, 4) is 5.75 Å². The van der Waals surface area contributed by atoms with Crippen LogP contribution in [0.25, 0.3) is 0 Å². The Bertz CT molecular complexity index is 378. The van der Waals surface area contributed by atoms with E-state index in [4.69, 9.17) is 10.5 Å². The third-order valence-electron chi connectivity index (χ3n) is 2.45. The highest BCUT2D eigenvalue weighted by molar-refractivity contribution is 5.85. The minimum absolute atomic E-state index is 0. The Kier molecular flexibility index (Phi) is 6.85. The van der Waals surface area contributed by atoms with Crippen molar-refractivity contribution >= 4 is 18.4 Å². The summed E-state index contributed by atoms with van der Waals surface area (Å²) in [7, 11) is 0. The standard InChI is InChI=1S/C13H19NO2.ClH/c1-9(2)11-5-4-10(3)12(8-11)16-13(15)6-7-14;/h4-5,8-9H,6-7,14H2,1-3H3;1H. The normalized spacial score (nSPS) is 9.94. The molecular weight excluding hydrogens is 238 g/mol. The van der Waals surface area contributed by atoms with Gasteiger partial charge in [0.2, 0.25) is 0 Å². The molecule has 0 spiro atoms. The lowest BCUT2D eigenvalue weighted by Gasteiger charge is -2.11. The Morgan fingerprint density at radius 2 is 2.06 bits per heavy atom. The first-order valence-corrected chi connectivity index (χ1v) is 5.56. The Labute approximate surface area is 109 Å². The van der Waals surface area contributed by atoms with Crippen LogP contribution in [-0.4, -0.2) is 12.5 Å². The van der Waals surface area contributed by atoms with Crippen molar-refractivity contribution < 1.29 is 9.53 Å². The Morgan fingerprint density at radius 1 is 1.41 bits per heavy atom. The number of esters is 1. The van der Waals surface area contributed by atoms with Crippen LogP contribution in [0.5, 0.6) is 5.75 Å². The van der Waals surface area contributed by atoms with Crippen LogP contribution in [0.2, 0.25) is 0 Å². The average Bonchev–Trinajstić information content (AvgIpc) is 2.21. The molecule has 2 N–H and O–H groups in total. The Balaban J connectivity index is 0.00000256. The van der Waals surface area contributed by atoms with E-state index < -0.39 is 0 Å². The van der Waals surface area contributed by atoms with E-state index in [0.717, 1.165) is 5.56 Å². The highest BCUT2D eigenvalue weighted by atomic mass is 35.5. The van der Waals surface area contributed by atoms with Gasteiger partial charge in [-0.05, 0) is 30.0 Å². The summed E-state index contributed by atoms with van der Waals surface area (Å²) in [4.78, 5) is 11.3. The SMILES string of the molecule is Cc1ccc(C(C)C)cc1OC(=O)CCN.Cl. The third-order valence-corrected chi connectivity index (χ3v) is 2.45. The van der Waals surface area contributed by atoms with Gasteiger partial charge in [0.1, 0.15) is 5.75 Å². The second-order valence-corrected chi connectivity index (χ2v) is 4.19. The first-order chi connectivity index (χ1) is 7.54. The summed E-state index contributed by atoms with van der Waals surface area (Å²) < 4.78 is 5.26. The van der Waals surface area contributed by atoms with Crippen molar-refractivity contribution in [2.45, 2.75) is 33.1 Å².